The molecule has 0 aliphatic rings. The van der Waals surface area contributed by atoms with Crippen LogP contribution in [0, 0.1) is 6.92 Å². The summed E-state index contributed by atoms with van der Waals surface area (Å²) in [6, 6.07) is 18.0. The zero-order valence-corrected chi connectivity index (χ0v) is 19.6. The first-order valence-electron chi connectivity index (χ1n) is 10.7. The summed E-state index contributed by atoms with van der Waals surface area (Å²) < 4.78 is 11.0. The van der Waals surface area contributed by atoms with Gasteiger partial charge in [-0.1, -0.05) is 23.5 Å². The van der Waals surface area contributed by atoms with Crippen LogP contribution in [0.15, 0.2) is 71.3 Å². The number of benzene rings is 2. The third kappa shape index (κ3) is 6.29. The third-order valence-corrected chi connectivity index (χ3v) is 5.78. The molecule has 0 saturated carbocycles. The fourth-order valence-electron chi connectivity index (χ4n) is 3.23. The first-order chi connectivity index (χ1) is 16.5. The van der Waals surface area contributed by atoms with E-state index in [0.717, 1.165) is 17.1 Å². The number of aryl methyl sites for hydroxylation is 1. The van der Waals surface area contributed by atoms with E-state index >= 15 is 0 Å². The Hall–Kier alpha value is -3.98. The summed E-state index contributed by atoms with van der Waals surface area (Å²) in [5.74, 6) is 0.982. The minimum Gasteiger partial charge on any atom is -0.486 e. The maximum absolute atomic E-state index is 12.5. The summed E-state index contributed by atoms with van der Waals surface area (Å²) in [6.45, 7) is 4.14. The molecule has 0 fully saturated rings. The SMILES string of the molecule is Cc1cccc(OCc2nnc(C(=O)Nc3ccc(C(=O)N[C@H](C)Cc4ccco4)cc3)s2)c1. The molecule has 0 unspecified atom stereocenters. The van der Waals surface area contributed by atoms with Crippen molar-refractivity contribution in [3.05, 3.63) is 93.8 Å². The molecule has 2 N–H and O–H groups in total. The highest BCUT2D eigenvalue weighted by Crippen LogP contribution is 2.18. The Balaban J connectivity index is 1.28. The molecule has 0 aliphatic heterocycles. The van der Waals surface area contributed by atoms with Gasteiger partial charge in [-0.05, 0) is 67.9 Å². The smallest absolute Gasteiger partial charge is 0.286 e. The predicted octanol–water partition coefficient (Wildman–Crippen LogP) is 4.63. The van der Waals surface area contributed by atoms with Crippen LogP contribution in [0.25, 0.3) is 0 Å². The van der Waals surface area contributed by atoms with Gasteiger partial charge in [0.15, 0.2) is 5.01 Å². The van der Waals surface area contributed by atoms with Gasteiger partial charge in [-0.25, -0.2) is 0 Å². The van der Waals surface area contributed by atoms with Crippen LogP contribution in [0.3, 0.4) is 0 Å². The topological polar surface area (TPSA) is 106 Å². The third-order valence-electron chi connectivity index (χ3n) is 4.88. The number of nitrogens with one attached hydrogen (secondary N) is 2. The molecule has 1 atom stereocenters. The van der Waals surface area contributed by atoms with Gasteiger partial charge >= 0.3 is 0 Å². The molecular weight excluding hydrogens is 452 g/mol. The fraction of sp³-hybridized carbons (Fsp3) is 0.200. The number of rotatable bonds is 9. The van der Waals surface area contributed by atoms with Crippen molar-refractivity contribution in [3.63, 3.8) is 0 Å². The first kappa shape index (κ1) is 23.2. The molecule has 0 bridgehead atoms. The van der Waals surface area contributed by atoms with Crippen LogP contribution in [0.4, 0.5) is 5.69 Å². The van der Waals surface area contributed by atoms with Crippen molar-refractivity contribution in [1.82, 2.24) is 15.5 Å². The molecule has 0 saturated heterocycles. The molecule has 0 spiro atoms. The molecule has 2 aromatic carbocycles. The highest BCUT2D eigenvalue weighted by atomic mass is 32.1. The molecule has 2 aromatic heterocycles. The molecule has 34 heavy (non-hydrogen) atoms. The summed E-state index contributed by atoms with van der Waals surface area (Å²) >= 11 is 1.17. The van der Waals surface area contributed by atoms with Gasteiger partial charge in [0.1, 0.15) is 18.1 Å². The minimum atomic E-state index is -0.372. The molecule has 4 rings (SSSR count). The number of carbonyl (C=O) groups is 2. The Morgan fingerprint density at radius 2 is 1.88 bits per heavy atom. The molecule has 8 nitrogen and oxygen atoms in total. The average molecular weight is 477 g/mol. The number of aromatic nitrogens is 2. The number of hydrogen-bond acceptors (Lipinski definition) is 7. The number of ether oxygens (including phenoxy) is 1. The molecule has 0 aliphatic carbocycles. The number of furan rings is 1. The maximum atomic E-state index is 12.5. The van der Waals surface area contributed by atoms with Crippen molar-refractivity contribution in [2.75, 3.05) is 5.32 Å². The van der Waals surface area contributed by atoms with Crippen molar-refractivity contribution < 1.29 is 18.7 Å². The van der Waals surface area contributed by atoms with Crippen LogP contribution < -0.4 is 15.4 Å². The second-order valence-electron chi connectivity index (χ2n) is 7.80. The summed E-state index contributed by atoms with van der Waals surface area (Å²) in [7, 11) is 0. The maximum Gasteiger partial charge on any atom is 0.286 e. The van der Waals surface area contributed by atoms with E-state index in [1.165, 1.54) is 11.3 Å². The molecule has 2 heterocycles. The lowest BCUT2D eigenvalue weighted by Crippen LogP contribution is -2.33. The largest absolute Gasteiger partial charge is 0.486 e. The van der Waals surface area contributed by atoms with Crippen LogP contribution in [-0.4, -0.2) is 28.1 Å². The Kier molecular flexibility index (Phi) is 7.34. The van der Waals surface area contributed by atoms with Gasteiger partial charge in [0, 0.05) is 23.7 Å². The van der Waals surface area contributed by atoms with Gasteiger partial charge in [0.2, 0.25) is 5.01 Å². The van der Waals surface area contributed by atoms with E-state index in [2.05, 4.69) is 20.8 Å². The lowest BCUT2D eigenvalue weighted by molar-refractivity contribution is 0.0938. The van der Waals surface area contributed by atoms with Crippen LogP contribution in [0.2, 0.25) is 0 Å². The van der Waals surface area contributed by atoms with Crippen LogP contribution in [0.5, 0.6) is 5.75 Å². The Morgan fingerprint density at radius 3 is 2.62 bits per heavy atom. The summed E-state index contributed by atoms with van der Waals surface area (Å²) in [4.78, 5) is 25.0. The lowest BCUT2D eigenvalue weighted by atomic mass is 10.1. The molecular formula is C25H24N4O4S. The average Bonchev–Trinajstić information content (AvgIpc) is 3.50. The molecule has 9 heteroatoms. The molecule has 174 valence electrons. The second-order valence-corrected chi connectivity index (χ2v) is 8.86. The highest BCUT2D eigenvalue weighted by molar-refractivity contribution is 7.13. The van der Waals surface area contributed by atoms with Gasteiger partial charge < -0.3 is 19.8 Å². The van der Waals surface area contributed by atoms with Crippen molar-refractivity contribution in [2.24, 2.45) is 0 Å². The highest BCUT2D eigenvalue weighted by Gasteiger charge is 2.15. The summed E-state index contributed by atoms with van der Waals surface area (Å²) in [5.41, 5.74) is 2.15. The minimum absolute atomic E-state index is 0.0838. The van der Waals surface area contributed by atoms with E-state index in [-0.39, 0.29) is 29.5 Å². The number of nitrogens with zero attached hydrogens (tertiary/aromatic N) is 2. The van der Waals surface area contributed by atoms with Crippen LogP contribution in [0.1, 0.15) is 43.4 Å². The zero-order chi connectivity index (χ0) is 23.9. The van der Waals surface area contributed by atoms with Crippen LogP contribution in [-0.2, 0) is 13.0 Å². The summed E-state index contributed by atoms with van der Waals surface area (Å²) in [5, 5.41) is 14.5. The Bertz CT molecular complexity index is 1250. The van der Waals surface area contributed by atoms with Gasteiger partial charge in [-0.2, -0.15) is 0 Å². The van der Waals surface area contributed by atoms with E-state index < -0.39 is 0 Å². The van der Waals surface area contributed by atoms with Crippen molar-refractivity contribution in [2.45, 2.75) is 32.9 Å². The number of carbonyl (C=O) groups excluding carboxylic acids is 2. The fourth-order valence-corrected chi connectivity index (χ4v) is 3.88. The Morgan fingerprint density at radius 1 is 1.06 bits per heavy atom. The second kappa shape index (κ2) is 10.8. The monoisotopic (exact) mass is 476 g/mol. The standard InChI is InChI=1S/C25H24N4O4S/c1-16-5-3-6-20(13-16)33-15-22-28-29-25(34-22)24(31)27-19-10-8-18(9-11-19)23(30)26-17(2)14-21-7-4-12-32-21/h3-13,17H,14-15H2,1-2H3,(H,26,30)(H,27,31)/t17-/m1/s1. The number of anilines is 1. The summed E-state index contributed by atoms with van der Waals surface area (Å²) in [6.07, 6.45) is 2.21. The number of hydrogen-bond donors (Lipinski definition) is 2. The van der Waals surface area contributed by atoms with Gasteiger partial charge in [-0.15, -0.1) is 10.2 Å². The van der Waals surface area contributed by atoms with Crippen molar-refractivity contribution in [3.8, 4) is 5.75 Å². The van der Waals surface area contributed by atoms with E-state index in [9.17, 15) is 9.59 Å². The van der Waals surface area contributed by atoms with Crippen molar-refractivity contribution >= 4 is 28.8 Å². The molecule has 2 amide bonds. The van der Waals surface area contributed by atoms with E-state index in [4.69, 9.17) is 9.15 Å². The van der Waals surface area contributed by atoms with Crippen molar-refractivity contribution in [1.29, 1.82) is 0 Å². The van der Waals surface area contributed by atoms with Crippen LogP contribution >= 0.6 is 11.3 Å². The predicted molar refractivity (Wildman–Crippen MR) is 129 cm³/mol. The quantitative estimate of drug-likeness (QED) is 0.365. The van der Waals surface area contributed by atoms with E-state index in [1.807, 2.05) is 50.2 Å². The molecule has 0 radical (unpaired) electrons. The first-order valence-corrected chi connectivity index (χ1v) is 11.5. The normalized spacial score (nSPS) is 11.6. The van der Waals surface area contributed by atoms with E-state index in [0.29, 0.717) is 22.7 Å². The van der Waals surface area contributed by atoms with Gasteiger partial charge in [0.25, 0.3) is 11.8 Å². The van der Waals surface area contributed by atoms with Gasteiger partial charge in [-0.3, -0.25) is 9.59 Å². The van der Waals surface area contributed by atoms with E-state index in [1.54, 1.807) is 30.5 Å². The lowest BCUT2D eigenvalue weighted by Gasteiger charge is -2.13. The number of amides is 2. The zero-order valence-electron chi connectivity index (χ0n) is 18.8. The Labute approximate surface area is 201 Å². The molecule has 4 aromatic rings. The van der Waals surface area contributed by atoms with Gasteiger partial charge in [0.05, 0.1) is 6.26 Å².